The van der Waals surface area contributed by atoms with Gasteiger partial charge in [-0.05, 0) is 64.2 Å². The number of carbonyl (C=O) groups is 3. The third kappa shape index (κ3) is 6.11. The van der Waals surface area contributed by atoms with Crippen LogP contribution in [0.4, 0.5) is 0 Å². The maximum absolute atomic E-state index is 12.9. The van der Waals surface area contributed by atoms with Crippen molar-refractivity contribution in [2.75, 3.05) is 0 Å². The minimum absolute atomic E-state index is 0.0332. The zero-order valence-corrected chi connectivity index (χ0v) is 24.3. The Hall–Kier alpha value is -1.93. The standard InChI is InChI=1S/C30H48O8/c1-9-11-22(32)36-28-26-24-18(5)13-14-20(17(3)4)25(24)27(37-26)29(7,38-23(33)12-10-2)16-15-21(30(28,8)34)35-19(6)31/h17,20-21,24-28,34H,5,9-16H2,1-4,6-8H3/t20-,21+,24+,25-,26+,27-,28+,29-,30-/m1/s1. The van der Waals surface area contributed by atoms with Crippen LogP contribution in [0.3, 0.4) is 0 Å². The average Bonchev–Trinajstić information content (AvgIpc) is 3.22. The molecule has 2 saturated heterocycles. The molecule has 0 aromatic heterocycles. The van der Waals surface area contributed by atoms with Crippen LogP contribution < -0.4 is 0 Å². The predicted octanol–water partition coefficient (Wildman–Crippen LogP) is 4.90. The zero-order chi connectivity index (χ0) is 28.4. The topological polar surface area (TPSA) is 108 Å². The molecule has 0 unspecified atom stereocenters. The van der Waals surface area contributed by atoms with E-state index in [9.17, 15) is 19.5 Å². The Morgan fingerprint density at radius 2 is 1.71 bits per heavy atom. The van der Waals surface area contributed by atoms with Gasteiger partial charge in [-0.25, -0.2) is 0 Å². The highest BCUT2D eigenvalue weighted by Crippen LogP contribution is 2.56. The molecule has 0 aromatic rings. The van der Waals surface area contributed by atoms with Gasteiger partial charge in [0, 0.05) is 31.6 Å². The van der Waals surface area contributed by atoms with Gasteiger partial charge in [-0.3, -0.25) is 14.4 Å². The van der Waals surface area contributed by atoms with Crippen LogP contribution in [0.5, 0.6) is 0 Å². The lowest BCUT2D eigenvalue weighted by atomic mass is 9.60. The van der Waals surface area contributed by atoms with Crippen LogP contribution in [0, 0.1) is 23.7 Å². The van der Waals surface area contributed by atoms with Crippen molar-refractivity contribution in [2.24, 2.45) is 23.7 Å². The Morgan fingerprint density at radius 3 is 2.29 bits per heavy atom. The van der Waals surface area contributed by atoms with E-state index >= 15 is 0 Å². The fourth-order valence-corrected chi connectivity index (χ4v) is 7.01. The maximum Gasteiger partial charge on any atom is 0.306 e. The fraction of sp³-hybridized carbons (Fsp3) is 0.833. The molecule has 0 aromatic carbocycles. The Bertz CT molecular complexity index is 895. The van der Waals surface area contributed by atoms with E-state index in [1.165, 1.54) is 6.92 Å². The van der Waals surface area contributed by atoms with E-state index in [2.05, 4.69) is 20.4 Å². The molecule has 0 radical (unpaired) electrons. The molecule has 8 heteroatoms. The minimum Gasteiger partial charge on any atom is -0.459 e. The van der Waals surface area contributed by atoms with E-state index in [0.29, 0.717) is 25.2 Å². The first kappa shape index (κ1) is 30.6. The first-order valence-electron chi connectivity index (χ1n) is 14.4. The summed E-state index contributed by atoms with van der Waals surface area (Å²) in [5, 5.41) is 12.0. The maximum atomic E-state index is 12.9. The Balaban J connectivity index is 2.19. The van der Waals surface area contributed by atoms with Crippen molar-refractivity contribution < 1.29 is 38.4 Å². The number of rotatable bonds is 8. The SMILES string of the molecule is C=C1CC[C@H](C(C)C)[C@@H]2[C@H]1[C@@H]1O[C@H]2[C@](C)(OC(=O)CCC)CC[C@H](OC(C)=O)[C@@](C)(O)[C@H]1OC(=O)CCC. The molecule has 3 fully saturated rings. The molecular weight excluding hydrogens is 488 g/mol. The molecule has 8 nitrogen and oxygen atoms in total. The van der Waals surface area contributed by atoms with Crippen molar-refractivity contribution in [1.29, 1.82) is 0 Å². The third-order valence-corrected chi connectivity index (χ3v) is 8.90. The summed E-state index contributed by atoms with van der Waals surface area (Å²) in [5.74, 6) is -0.943. The van der Waals surface area contributed by atoms with Crippen molar-refractivity contribution in [2.45, 2.75) is 135 Å². The molecule has 2 bridgehead atoms. The summed E-state index contributed by atoms with van der Waals surface area (Å²) in [6.07, 6.45) is 0.657. The smallest absolute Gasteiger partial charge is 0.306 e. The lowest BCUT2D eigenvalue weighted by Crippen LogP contribution is -2.59. The summed E-state index contributed by atoms with van der Waals surface area (Å²) in [6.45, 7) is 17.3. The monoisotopic (exact) mass is 536 g/mol. The lowest BCUT2D eigenvalue weighted by Gasteiger charge is -2.47. The summed E-state index contributed by atoms with van der Waals surface area (Å²) in [5.41, 5.74) is -1.80. The number of aliphatic hydroxyl groups is 1. The van der Waals surface area contributed by atoms with Gasteiger partial charge in [0.05, 0.1) is 0 Å². The molecule has 1 aliphatic carbocycles. The summed E-state index contributed by atoms with van der Waals surface area (Å²) in [7, 11) is 0. The van der Waals surface area contributed by atoms with Gasteiger partial charge in [0.2, 0.25) is 0 Å². The number of ether oxygens (including phenoxy) is 4. The summed E-state index contributed by atoms with van der Waals surface area (Å²) >= 11 is 0. The summed E-state index contributed by atoms with van der Waals surface area (Å²) < 4.78 is 24.7. The van der Waals surface area contributed by atoms with Gasteiger partial charge in [-0.2, -0.15) is 0 Å². The number of hydrogen-bond donors (Lipinski definition) is 1. The van der Waals surface area contributed by atoms with Crippen LogP contribution in [0.1, 0.15) is 99.8 Å². The first-order chi connectivity index (χ1) is 17.8. The summed E-state index contributed by atoms with van der Waals surface area (Å²) in [4.78, 5) is 37.9. The quantitative estimate of drug-likeness (QED) is 0.265. The molecule has 9 atom stereocenters. The van der Waals surface area contributed by atoms with Gasteiger partial charge in [0.15, 0.2) is 6.10 Å². The van der Waals surface area contributed by atoms with E-state index in [4.69, 9.17) is 18.9 Å². The van der Waals surface area contributed by atoms with Gasteiger partial charge in [0.1, 0.15) is 29.5 Å². The van der Waals surface area contributed by atoms with Crippen LogP contribution >= 0.6 is 0 Å². The lowest BCUT2D eigenvalue weighted by molar-refractivity contribution is -0.212. The molecule has 2 heterocycles. The van der Waals surface area contributed by atoms with E-state index in [-0.39, 0.29) is 43.0 Å². The summed E-state index contributed by atoms with van der Waals surface area (Å²) in [6, 6.07) is 0. The molecule has 38 heavy (non-hydrogen) atoms. The van der Waals surface area contributed by atoms with Crippen molar-refractivity contribution >= 4 is 17.9 Å². The highest BCUT2D eigenvalue weighted by molar-refractivity contribution is 5.70. The molecular formula is C30H48O8. The van der Waals surface area contributed by atoms with Crippen LogP contribution in [0.15, 0.2) is 12.2 Å². The minimum atomic E-state index is -1.75. The Morgan fingerprint density at radius 1 is 1.08 bits per heavy atom. The van der Waals surface area contributed by atoms with Crippen molar-refractivity contribution in [1.82, 2.24) is 0 Å². The van der Waals surface area contributed by atoms with Crippen molar-refractivity contribution in [3.63, 3.8) is 0 Å². The molecule has 3 rings (SSSR count). The van der Waals surface area contributed by atoms with Gasteiger partial charge in [-0.1, -0.05) is 39.8 Å². The number of carbonyl (C=O) groups excluding carboxylic acids is 3. The van der Waals surface area contributed by atoms with Gasteiger partial charge in [0.25, 0.3) is 0 Å². The fourth-order valence-electron chi connectivity index (χ4n) is 7.01. The second kappa shape index (κ2) is 12.1. The van der Waals surface area contributed by atoms with Crippen LogP contribution in [0.2, 0.25) is 0 Å². The van der Waals surface area contributed by atoms with E-state index < -0.39 is 47.6 Å². The predicted molar refractivity (Wildman–Crippen MR) is 142 cm³/mol. The first-order valence-corrected chi connectivity index (χ1v) is 14.4. The molecule has 216 valence electrons. The molecule has 0 spiro atoms. The molecule has 0 amide bonds. The van der Waals surface area contributed by atoms with E-state index in [1.54, 1.807) is 6.92 Å². The number of esters is 3. The second-order valence-corrected chi connectivity index (χ2v) is 12.3. The van der Waals surface area contributed by atoms with Crippen LogP contribution in [-0.2, 0) is 33.3 Å². The number of fused-ring (bicyclic) bond motifs is 5. The largest absolute Gasteiger partial charge is 0.459 e. The zero-order valence-electron chi connectivity index (χ0n) is 24.3. The van der Waals surface area contributed by atoms with Gasteiger partial charge < -0.3 is 24.1 Å². The Labute approximate surface area is 227 Å². The van der Waals surface area contributed by atoms with Crippen molar-refractivity contribution in [3.8, 4) is 0 Å². The van der Waals surface area contributed by atoms with Gasteiger partial charge >= 0.3 is 17.9 Å². The molecule has 1 saturated carbocycles. The number of hydrogen-bond acceptors (Lipinski definition) is 8. The molecule has 2 aliphatic heterocycles. The van der Waals surface area contributed by atoms with Crippen LogP contribution in [-0.4, -0.2) is 58.6 Å². The highest BCUT2D eigenvalue weighted by atomic mass is 16.6. The Kier molecular flexibility index (Phi) is 9.72. The van der Waals surface area contributed by atoms with Crippen LogP contribution in [0.25, 0.3) is 0 Å². The molecule has 3 aliphatic rings. The normalized spacial score (nSPS) is 39.0. The van der Waals surface area contributed by atoms with Gasteiger partial charge in [-0.15, -0.1) is 0 Å². The van der Waals surface area contributed by atoms with Crippen molar-refractivity contribution in [3.05, 3.63) is 12.2 Å². The molecule has 1 N–H and O–H groups in total. The highest BCUT2D eigenvalue weighted by Gasteiger charge is 2.64. The second-order valence-electron chi connectivity index (χ2n) is 12.3. The van der Waals surface area contributed by atoms with E-state index in [1.807, 2.05) is 20.8 Å². The average molecular weight is 537 g/mol. The third-order valence-electron chi connectivity index (χ3n) is 8.90. The van der Waals surface area contributed by atoms with E-state index in [0.717, 1.165) is 18.4 Å².